The maximum atomic E-state index is 13.2. The fraction of sp³-hybridized carbons (Fsp3) is 0.290. The topological polar surface area (TPSA) is 121 Å². The maximum Gasteiger partial charge on any atom is 0.328 e. The van der Waals surface area contributed by atoms with E-state index in [1.807, 2.05) is 32.2 Å². The lowest BCUT2D eigenvalue weighted by Gasteiger charge is -2.29. The molecule has 2 aliphatic rings. The van der Waals surface area contributed by atoms with Crippen molar-refractivity contribution in [2.75, 3.05) is 26.2 Å². The molecule has 6 rings (SSSR count). The van der Waals surface area contributed by atoms with E-state index in [1.165, 1.54) is 16.3 Å². The van der Waals surface area contributed by atoms with Gasteiger partial charge in [-0.1, -0.05) is 36.4 Å². The molecule has 9 nitrogen and oxygen atoms in total. The second-order valence-electron chi connectivity index (χ2n) is 10.3. The number of rotatable bonds is 5. The predicted molar refractivity (Wildman–Crippen MR) is 151 cm³/mol. The normalized spacial score (nSPS) is 18.1. The third-order valence-electron chi connectivity index (χ3n) is 7.59. The van der Waals surface area contributed by atoms with Gasteiger partial charge in [0.05, 0.1) is 6.61 Å². The van der Waals surface area contributed by atoms with Crippen LogP contribution in [0.1, 0.15) is 28.3 Å². The monoisotopic (exact) mass is 541 g/mol. The van der Waals surface area contributed by atoms with Crippen LogP contribution in [0, 0.1) is 19.8 Å². The van der Waals surface area contributed by atoms with E-state index in [0.29, 0.717) is 24.0 Å². The average molecular weight is 542 g/mol. The standard InChI is InChI=1S/C27H27N3O2.C4H4O4/c1-17-7-10-25-28-18(2)21(27(31)30(25)13-17)11-12-29-14-20-16-32-24-9-8-19-5-3-4-6-22(19)26(24)23(20)15-29;5-3(6)1-2-4(7)8/h3-10,13,20,23H,11-12,14-16H2,1-2H3;1-2H,(H,5,6)(H,7,8)/b;2-1+/t20-,23-;/m0./s1. The molecule has 40 heavy (non-hydrogen) atoms. The van der Waals surface area contributed by atoms with Gasteiger partial charge >= 0.3 is 11.9 Å². The summed E-state index contributed by atoms with van der Waals surface area (Å²) in [5, 5.41) is 18.2. The molecule has 2 N–H and O–H groups in total. The van der Waals surface area contributed by atoms with E-state index in [4.69, 9.17) is 14.9 Å². The van der Waals surface area contributed by atoms with Gasteiger partial charge in [0.1, 0.15) is 11.4 Å². The number of fused-ring (bicyclic) bond motifs is 6. The summed E-state index contributed by atoms with van der Waals surface area (Å²) in [7, 11) is 0. The fourth-order valence-corrected chi connectivity index (χ4v) is 5.71. The Labute approximate surface area is 231 Å². The zero-order chi connectivity index (χ0) is 28.4. The van der Waals surface area contributed by atoms with Crippen LogP contribution >= 0.6 is 0 Å². The van der Waals surface area contributed by atoms with Crippen LogP contribution in [-0.2, 0) is 16.0 Å². The number of pyridine rings is 1. The highest BCUT2D eigenvalue weighted by atomic mass is 16.5. The Morgan fingerprint density at radius 2 is 1.77 bits per heavy atom. The molecule has 1 saturated heterocycles. The van der Waals surface area contributed by atoms with Gasteiger partial charge in [0.15, 0.2) is 0 Å². The number of hydrogen-bond acceptors (Lipinski definition) is 6. The zero-order valence-electron chi connectivity index (χ0n) is 22.4. The molecule has 0 amide bonds. The molecule has 0 bridgehead atoms. The van der Waals surface area contributed by atoms with Gasteiger partial charge in [-0.3, -0.25) is 9.20 Å². The van der Waals surface area contributed by atoms with Crippen LogP contribution in [0.25, 0.3) is 16.4 Å². The first-order chi connectivity index (χ1) is 19.2. The minimum absolute atomic E-state index is 0.0625. The number of carboxylic acid groups (broad SMARTS) is 2. The second kappa shape index (κ2) is 11.3. The molecule has 2 aromatic carbocycles. The molecule has 1 fully saturated rings. The Kier molecular flexibility index (Phi) is 7.66. The molecule has 0 unspecified atom stereocenters. The van der Waals surface area contributed by atoms with E-state index in [2.05, 4.69) is 46.3 Å². The molecule has 2 aliphatic heterocycles. The first-order valence-electron chi connectivity index (χ1n) is 13.2. The van der Waals surface area contributed by atoms with Crippen molar-refractivity contribution >= 4 is 28.4 Å². The summed E-state index contributed by atoms with van der Waals surface area (Å²) in [4.78, 5) is 39.4. The van der Waals surface area contributed by atoms with Crippen molar-refractivity contribution in [3.8, 4) is 5.75 Å². The van der Waals surface area contributed by atoms with Crippen molar-refractivity contribution in [1.29, 1.82) is 0 Å². The largest absolute Gasteiger partial charge is 0.493 e. The molecule has 0 radical (unpaired) electrons. The van der Waals surface area contributed by atoms with Crippen LogP contribution in [0.4, 0.5) is 0 Å². The Balaban J connectivity index is 0.000000355. The van der Waals surface area contributed by atoms with Crippen LogP contribution in [0.2, 0.25) is 0 Å². The van der Waals surface area contributed by atoms with E-state index < -0.39 is 11.9 Å². The lowest BCUT2D eigenvalue weighted by Crippen LogP contribution is -2.28. The van der Waals surface area contributed by atoms with E-state index >= 15 is 0 Å². The van der Waals surface area contributed by atoms with Crippen molar-refractivity contribution in [1.82, 2.24) is 14.3 Å². The summed E-state index contributed by atoms with van der Waals surface area (Å²) in [5.41, 5.74) is 4.87. The van der Waals surface area contributed by atoms with Crippen molar-refractivity contribution < 1.29 is 24.5 Å². The van der Waals surface area contributed by atoms with Gasteiger partial charge in [-0.2, -0.15) is 0 Å². The summed E-state index contributed by atoms with van der Waals surface area (Å²) in [6, 6.07) is 16.8. The van der Waals surface area contributed by atoms with E-state index in [0.717, 1.165) is 60.9 Å². The lowest BCUT2D eigenvalue weighted by molar-refractivity contribution is -0.134. The van der Waals surface area contributed by atoms with Gasteiger partial charge in [0.2, 0.25) is 0 Å². The van der Waals surface area contributed by atoms with Crippen molar-refractivity contribution in [2.24, 2.45) is 5.92 Å². The maximum absolute atomic E-state index is 13.2. The van der Waals surface area contributed by atoms with Gasteiger partial charge in [0.25, 0.3) is 5.56 Å². The number of benzene rings is 2. The lowest BCUT2D eigenvalue weighted by atomic mass is 9.84. The smallest absolute Gasteiger partial charge is 0.328 e. The van der Waals surface area contributed by atoms with Crippen LogP contribution in [0.15, 0.2) is 71.7 Å². The minimum atomic E-state index is -1.26. The van der Waals surface area contributed by atoms with Crippen molar-refractivity contribution in [3.63, 3.8) is 0 Å². The number of likely N-dealkylation sites (tertiary alicyclic amines) is 1. The SMILES string of the molecule is Cc1ccc2nc(C)c(CCN3C[C@H]4COc5ccc6ccccc6c5[C@H]4C3)c(=O)n2c1.O=C(O)/C=C/C(=O)O. The summed E-state index contributed by atoms with van der Waals surface area (Å²) < 4.78 is 7.86. The predicted octanol–water partition coefficient (Wildman–Crippen LogP) is 3.83. The highest BCUT2D eigenvalue weighted by molar-refractivity contribution is 5.90. The van der Waals surface area contributed by atoms with Crippen molar-refractivity contribution in [2.45, 2.75) is 26.2 Å². The summed E-state index contributed by atoms with van der Waals surface area (Å²) in [6.07, 6.45) is 3.72. The fourth-order valence-electron chi connectivity index (χ4n) is 5.71. The molecule has 0 spiro atoms. The molecule has 2 aromatic heterocycles. The summed E-state index contributed by atoms with van der Waals surface area (Å²) in [6.45, 7) is 7.61. The third-order valence-corrected chi connectivity index (χ3v) is 7.59. The number of carboxylic acids is 2. The highest BCUT2D eigenvalue weighted by Crippen LogP contribution is 2.45. The van der Waals surface area contributed by atoms with Crippen LogP contribution in [0.5, 0.6) is 5.75 Å². The molecule has 4 aromatic rings. The average Bonchev–Trinajstić information content (AvgIpc) is 3.35. The molecule has 206 valence electrons. The molecule has 0 aliphatic carbocycles. The Morgan fingerprint density at radius 1 is 1.02 bits per heavy atom. The minimum Gasteiger partial charge on any atom is -0.493 e. The Bertz CT molecular complexity index is 1680. The zero-order valence-corrected chi connectivity index (χ0v) is 22.4. The molecule has 9 heteroatoms. The molecular formula is C31H31N3O6. The van der Waals surface area contributed by atoms with Gasteiger partial charge in [-0.25, -0.2) is 14.6 Å². The number of aromatic nitrogens is 2. The molecular weight excluding hydrogens is 510 g/mol. The number of nitrogens with zero attached hydrogens (tertiary/aromatic N) is 3. The van der Waals surface area contributed by atoms with Gasteiger partial charge in [-0.05, 0) is 48.7 Å². The van der Waals surface area contributed by atoms with E-state index in [-0.39, 0.29) is 5.56 Å². The second-order valence-corrected chi connectivity index (χ2v) is 10.3. The Morgan fingerprint density at radius 3 is 2.52 bits per heavy atom. The summed E-state index contributed by atoms with van der Waals surface area (Å²) >= 11 is 0. The summed E-state index contributed by atoms with van der Waals surface area (Å²) in [5.74, 6) is -0.507. The molecule has 4 heterocycles. The van der Waals surface area contributed by atoms with Crippen LogP contribution < -0.4 is 10.3 Å². The van der Waals surface area contributed by atoms with Gasteiger partial charge < -0.3 is 19.8 Å². The number of aryl methyl sites for hydroxylation is 2. The first-order valence-corrected chi connectivity index (χ1v) is 13.2. The first kappa shape index (κ1) is 27.1. The number of carbonyl (C=O) groups is 2. The molecule has 0 saturated carbocycles. The van der Waals surface area contributed by atoms with E-state index in [9.17, 15) is 14.4 Å². The van der Waals surface area contributed by atoms with Crippen LogP contribution in [0.3, 0.4) is 0 Å². The van der Waals surface area contributed by atoms with Crippen LogP contribution in [-0.4, -0.2) is 62.7 Å². The quantitative estimate of drug-likeness (QED) is 0.366. The number of ether oxygens (including phenoxy) is 1. The van der Waals surface area contributed by atoms with Crippen molar-refractivity contribution in [3.05, 3.63) is 99.6 Å². The molecule has 2 atom stereocenters. The van der Waals surface area contributed by atoms with Gasteiger partial charge in [-0.15, -0.1) is 0 Å². The third kappa shape index (κ3) is 5.60. The number of hydrogen-bond donors (Lipinski definition) is 2. The van der Waals surface area contributed by atoms with E-state index in [1.54, 1.807) is 4.40 Å². The van der Waals surface area contributed by atoms with Gasteiger partial charge in [0, 0.05) is 66.6 Å². The number of aliphatic carboxylic acids is 2. The highest BCUT2D eigenvalue weighted by Gasteiger charge is 2.39. The Hall–Kier alpha value is -4.50.